The first-order valence-corrected chi connectivity index (χ1v) is 5.63. The smallest absolute Gasteiger partial charge is 0.309 e. The van der Waals surface area contributed by atoms with Crippen LogP contribution in [-0.4, -0.2) is 22.6 Å². The SMILES string of the molecule is CCC(CC(C)C(=O)O)C(=O)OC(C)(C)C. The van der Waals surface area contributed by atoms with E-state index in [0.29, 0.717) is 12.8 Å². The van der Waals surface area contributed by atoms with E-state index >= 15 is 0 Å². The van der Waals surface area contributed by atoms with Crippen LogP contribution in [0.15, 0.2) is 0 Å². The Kier molecular flexibility index (Phi) is 5.48. The molecule has 0 heterocycles. The van der Waals surface area contributed by atoms with E-state index in [-0.39, 0.29) is 11.9 Å². The molecule has 0 aromatic heterocycles. The van der Waals surface area contributed by atoms with Crippen LogP contribution in [0.4, 0.5) is 0 Å². The normalized spacial score (nSPS) is 15.3. The van der Waals surface area contributed by atoms with E-state index in [1.807, 2.05) is 6.92 Å². The molecule has 0 rings (SSSR count). The highest BCUT2D eigenvalue weighted by molar-refractivity contribution is 5.75. The number of carbonyl (C=O) groups is 2. The number of hydrogen-bond acceptors (Lipinski definition) is 3. The topological polar surface area (TPSA) is 63.6 Å². The van der Waals surface area contributed by atoms with E-state index < -0.39 is 17.5 Å². The van der Waals surface area contributed by atoms with Crippen LogP contribution in [0.2, 0.25) is 0 Å². The summed E-state index contributed by atoms with van der Waals surface area (Å²) in [5, 5.41) is 8.79. The summed E-state index contributed by atoms with van der Waals surface area (Å²) in [6.07, 6.45) is 0.938. The number of esters is 1. The highest BCUT2D eigenvalue weighted by Gasteiger charge is 2.27. The predicted molar refractivity (Wildman–Crippen MR) is 61.0 cm³/mol. The van der Waals surface area contributed by atoms with Crippen molar-refractivity contribution in [2.24, 2.45) is 11.8 Å². The molecule has 16 heavy (non-hydrogen) atoms. The first-order chi connectivity index (χ1) is 7.17. The molecule has 4 heteroatoms. The molecule has 0 amide bonds. The van der Waals surface area contributed by atoms with E-state index in [1.54, 1.807) is 27.7 Å². The summed E-state index contributed by atoms with van der Waals surface area (Å²) in [5.74, 6) is -2.02. The lowest BCUT2D eigenvalue weighted by Gasteiger charge is -2.24. The molecule has 1 N–H and O–H groups in total. The quantitative estimate of drug-likeness (QED) is 0.737. The molecule has 0 aromatic rings. The van der Waals surface area contributed by atoms with Gasteiger partial charge in [-0.3, -0.25) is 9.59 Å². The molecular formula is C12H22O4. The number of carboxylic acid groups (broad SMARTS) is 1. The minimum Gasteiger partial charge on any atom is -0.481 e. The molecule has 0 aliphatic heterocycles. The predicted octanol–water partition coefficient (Wildman–Crippen LogP) is 2.47. The second kappa shape index (κ2) is 5.87. The monoisotopic (exact) mass is 230 g/mol. The highest BCUT2D eigenvalue weighted by Crippen LogP contribution is 2.20. The molecule has 0 fully saturated rings. The van der Waals surface area contributed by atoms with Crippen molar-refractivity contribution in [3.8, 4) is 0 Å². The zero-order chi connectivity index (χ0) is 12.9. The van der Waals surface area contributed by atoms with Crippen LogP contribution in [0.3, 0.4) is 0 Å². The van der Waals surface area contributed by atoms with Gasteiger partial charge >= 0.3 is 11.9 Å². The second-order valence-electron chi connectivity index (χ2n) is 5.11. The number of aliphatic carboxylic acids is 1. The third-order valence-electron chi connectivity index (χ3n) is 2.29. The van der Waals surface area contributed by atoms with E-state index in [1.165, 1.54) is 0 Å². The fourth-order valence-corrected chi connectivity index (χ4v) is 1.34. The fourth-order valence-electron chi connectivity index (χ4n) is 1.34. The Balaban J connectivity index is 4.39. The van der Waals surface area contributed by atoms with Crippen LogP contribution < -0.4 is 0 Å². The van der Waals surface area contributed by atoms with Crippen LogP contribution in [0.1, 0.15) is 47.5 Å². The maximum absolute atomic E-state index is 11.7. The van der Waals surface area contributed by atoms with Gasteiger partial charge in [-0.25, -0.2) is 0 Å². The Morgan fingerprint density at radius 1 is 1.31 bits per heavy atom. The van der Waals surface area contributed by atoms with Crippen molar-refractivity contribution in [3.63, 3.8) is 0 Å². The van der Waals surface area contributed by atoms with Crippen molar-refractivity contribution in [1.29, 1.82) is 0 Å². The van der Waals surface area contributed by atoms with Gasteiger partial charge in [0, 0.05) is 0 Å². The Morgan fingerprint density at radius 2 is 1.81 bits per heavy atom. The van der Waals surface area contributed by atoms with Gasteiger partial charge in [0.15, 0.2) is 0 Å². The van der Waals surface area contributed by atoms with Gasteiger partial charge in [-0.1, -0.05) is 13.8 Å². The number of rotatable bonds is 5. The van der Waals surface area contributed by atoms with Crippen molar-refractivity contribution in [2.45, 2.75) is 53.1 Å². The van der Waals surface area contributed by atoms with Crippen LogP contribution >= 0.6 is 0 Å². The van der Waals surface area contributed by atoms with Gasteiger partial charge in [-0.15, -0.1) is 0 Å². The molecule has 0 saturated heterocycles. The maximum atomic E-state index is 11.7. The third kappa shape index (κ3) is 5.73. The molecule has 0 radical (unpaired) electrons. The van der Waals surface area contributed by atoms with Crippen LogP contribution in [0, 0.1) is 11.8 Å². The van der Waals surface area contributed by atoms with Crippen LogP contribution in [-0.2, 0) is 14.3 Å². The molecule has 0 aromatic carbocycles. The largest absolute Gasteiger partial charge is 0.481 e. The first-order valence-electron chi connectivity index (χ1n) is 5.63. The average Bonchev–Trinajstić information content (AvgIpc) is 2.10. The van der Waals surface area contributed by atoms with E-state index in [0.717, 1.165) is 0 Å². The van der Waals surface area contributed by atoms with Gasteiger partial charge in [-0.2, -0.15) is 0 Å². The van der Waals surface area contributed by atoms with E-state index in [9.17, 15) is 9.59 Å². The Morgan fingerprint density at radius 3 is 2.12 bits per heavy atom. The minimum absolute atomic E-state index is 0.303. The standard InChI is InChI=1S/C12H22O4/c1-6-9(7-8(2)10(13)14)11(15)16-12(3,4)5/h8-9H,6-7H2,1-5H3,(H,13,14). The molecule has 0 aliphatic rings. The summed E-state index contributed by atoms with van der Waals surface area (Å²) in [6.45, 7) is 8.88. The second-order valence-corrected chi connectivity index (χ2v) is 5.11. The van der Waals surface area contributed by atoms with Gasteiger partial charge in [0.25, 0.3) is 0 Å². The zero-order valence-electron chi connectivity index (χ0n) is 10.7. The lowest BCUT2D eigenvalue weighted by molar-refractivity contribution is -0.161. The Labute approximate surface area is 97.0 Å². The number of ether oxygens (including phenoxy) is 1. The summed E-state index contributed by atoms with van der Waals surface area (Å²) >= 11 is 0. The molecule has 4 nitrogen and oxygen atoms in total. The lowest BCUT2D eigenvalue weighted by atomic mass is 9.93. The molecule has 0 aliphatic carbocycles. The van der Waals surface area contributed by atoms with Crippen molar-refractivity contribution >= 4 is 11.9 Å². The van der Waals surface area contributed by atoms with Gasteiger partial charge in [0.05, 0.1) is 11.8 Å². The summed E-state index contributed by atoms with van der Waals surface area (Å²) < 4.78 is 5.24. The van der Waals surface area contributed by atoms with Crippen molar-refractivity contribution in [2.75, 3.05) is 0 Å². The van der Waals surface area contributed by atoms with Gasteiger partial charge in [0.2, 0.25) is 0 Å². The summed E-state index contributed by atoms with van der Waals surface area (Å²) in [6, 6.07) is 0. The molecule has 2 atom stereocenters. The number of carbonyl (C=O) groups excluding carboxylic acids is 1. The van der Waals surface area contributed by atoms with Gasteiger partial charge < -0.3 is 9.84 Å². The summed E-state index contributed by atoms with van der Waals surface area (Å²) in [7, 11) is 0. The number of carboxylic acids is 1. The molecule has 94 valence electrons. The highest BCUT2D eigenvalue weighted by atomic mass is 16.6. The van der Waals surface area contributed by atoms with Gasteiger partial charge in [-0.05, 0) is 33.6 Å². The Bertz CT molecular complexity index is 252. The van der Waals surface area contributed by atoms with Crippen molar-refractivity contribution in [3.05, 3.63) is 0 Å². The lowest BCUT2D eigenvalue weighted by Crippen LogP contribution is -2.30. The Hall–Kier alpha value is -1.06. The van der Waals surface area contributed by atoms with Crippen molar-refractivity contribution < 1.29 is 19.4 Å². The molecule has 0 spiro atoms. The van der Waals surface area contributed by atoms with E-state index in [2.05, 4.69) is 0 Å². The summed E-state index contributed by atoms with van der Waals surface area (Å²) in [5.41, 5.74) is -0.517. The van der Waals surface area contributed by atoms with Crippen LogP contribution in [0.25, 0.3) is 0 Å². The fraction of sp³-hybridized carbons (Fsp3) is 0.833. The maximum Gasteiger partial charge on any atom is 0.309 e. The van der Waals surface area contributed by atoms with Crippen molar-refractivity contribution in [1.82, 2.24) is 0 Å². The molecule has 0 saturated carbocycles. The molecule has 2 unspecified atom stereocenters. The van der Waals surface area contributed by atoms with Gasteiger partial charge in [0.1, 0.15) is 5.60 Å². The minimum atomic E-state index is -0.873. The number of hydrogen-bond donors (Lipinski definition) is 1. The summed E-state index contributed by atoms with van der Waals surface area (Å²) in [4.78, 5) is 22.4. The third-order valence-corrected chi connectivity index (χ3v) is 2.29. The van der Waals surface area contributed by atoms with Crippen LogP contribution in [0.5, 0.6) is 0 Å². The first kappa shape index (κ1) is 14.9. The zero-order valence-corrected chi connectivity index (χ0v) is 10.7. The molecular weight excluding hydrogens is 208 g/mol. The van der Waals surface area contributed by atoms with E-state index in [4.69, 9.17) is 9.84 Å². The average molecular weight is 230 g/mol. The molecule has 0 bridgehead atoms.